The molecule has 0 aliphatic carbocycles. The van der Waals surface area contributed by atoms with E-state index in [-0.39, 0.29) is 18.4 Å². The number of aliphatic carboxylic acids is 2. The Morgan fingerprint density at radius 1 is 1.35 bits per heavy atom. The minimum absolute atomic E-state index is 0.0767. The molecule has 0 radical (unpaired) electrons. The molecule has 1 aromatic rings. The van der Waals surface area contributed by atoms with E-state index in [9.17, 15) is 9.59 Å². The van der Waals surface area contributed by atoms with Crippen molar-refractivity contribution in [2.24, 2.45) is 0 Å². The molecule has 0 spiro atoms. The van der Waals surface area contributed by atoms with Crippen molar-refractivity contribution in [3.8, 4) is 5.88 Å². The van der Waals surface area contributed by atoms with E-state index in [4.69, 9.17) is 14.9 Å². The van der Waals surface area contributed by atoms with Gasteiger partial charge >= 0.3 is 11.9 Å². The molecular weight excluding hydrogens is 230 g/mol. The normalized spacial score (nSPS) is 9.71. The molecule has 8 nitrogen and oxygen atoms in total. The number of carboxylic acids is 2. The number of ether oxygens (including phenoxy) is 1. The Morgan fingerprint density at radius 2 is 2.06 bits per heavy atom. The summed E-state index contributed by atoms with van der Waals surface area (Å²) in [5.41, 5.74) is 0.535. The van der Waals surface area contributed by atoms with Crippen molar-refractivity contribution in [2.75, 3.05) is 18.5 Å². The van der Waals surface area contributed by atoms with Crippen LogP contribution in [0, 0.1) is 6.92 Å². The monoisotopic (exact) mass is 241 g/mol. The smallest absolute Gasteiger partial charge is 0.341 e. The summed E-state index contributed by atoms with van der Waals surface area (Å²) < 4.78 is 4.86. The Labute approximate surface area is 96.3 Å². The zero-order chi connectivity index (χ0) is 12.8. The minimum Gasteiger partial charge on any atom is -0.480 e. The third kappa shape index (κ3) is 4.78. The number of nitrogens with one attached hydrogen (secondary N) is 1. The molecule has 0 aliphatic rings. The lowest BCUT2D eigenvalue weighted by molar-refractivity contribution is -0.139. The third-order valence-electron chi connectivity index (χ3n) is 1.57. The van der Waals surface area contributed by atoms with Crippen molar-refractivity contribution < 1.29 is 24.5 Å². The number of hydrogen-bond acceptors (Lipinski definition) is 6. The highest BCUT2D eigenvalue weighted by molar-refractivity contribution is 5.71. The van der Waals surface area contributed by atoms with Crippen LogP contribution >= 0.6 is 0 Å². The zero-order valence-corrected chi connectivity index (χ0v) is 9.01. The predicted octanol–water partition coefficient (Wildman–Crippen LogP) is -0.255. The Morgan fingerprint density at radius 3 is 2.65 bits per heavy atom. The number of aromatic nitrogens is 2. The van der Waals surface area contributed by atoms with Crippen LogP contribution in [0.15, 0.2) is 6.07 Å². The van der Waals surface area contributed by atoms with Gasteiger partial charge in [-0.15, -0.1) is 0 Å². The molecule has 92 valence electrons. The van der Waals surface area contributed by atoms with Gasteiger partial charge in [-0.05, 0) is 6.92 Å². The molecule has 3 N–H and O–H groups in total. The molecule has 1 heterocycles. The van der Waals surface area contributed by atoms with Gasteiger partial charge in [0.1, 0.15) is 6.54 Å². The summed E-state index contributed by atoms with van der Waals surface area (Å²) in [7, 11) is 0. The number of anilines is 1. The Hall–Kier alpha value is -2.38. The summed E-state index contributed by atoms with van der Waals surface area (Å²) >= 11 is 0. The van der Waals surface area contributed by atoms with E-state index < -0.39 is 18.5 Å². The van der Waals surface area contributed by atoms with E-state index in [0.717, 1.165) is 0 Å². The molecule has 0 atom stereocenters. The second-order valence-corrected chi connectivity index (χ2v) is 3.10. The van der Waals surface area contributed by atoms with Gasteiger partial charge in [-0.1, -0.05) is 0 Å². The molecule has 8 heteroatoms. The van der Waals surface area contributed by atoms with E-state index in [1.54, 1.807) is 6.92 Å². The Balaban J connectivity index is 2.71. The van der Waals surface area contributed by atoms with Crippen molar-refractivity contribution in [1.29, 1.82) is 0 Å². The van der Waals surface area contributed by atoms with Crippen molar-refractivity contribution in [3.05, 3.63) is 11.8 Å². The van der Waals surface area contributed by atoms with E-state index in [0.29, 0.717) is 5.69 Å². The van der Waals surface area contributed by atoms with Gasteiger partial charge in [0.05, 0.1) is 0 Å². The molecule has 0 aromatic carbocycles. The van der Waals surface area contributed by atoms with Crippen molar-refractivity contribution in [3.63, 3.8) is 0 Å². The van der Waals surface area contributed by atoms with Gasteiger partial charge in [0, 0.05) is 11.8 Å². The van der Waals surface area contributed by atoms with Crippen LogP contribution in [0.5, 0.6) is 5.88 Å². The Bertz CT molecular complexity index is 398. The molecule has 0 bridgehead atoms. The second kappa shape index (κ2) is 5.64. The first-order valence-corrected chi connectivity index (χ1v) is 4.63. The summed E-state index contributed by atoms with van der Waals surface area (Å²) in [6, 6.07) is 1.45. The summed E-state index contributed by atoms with van der Waals surface area (Å²) in [4.78, 5) is 28.4. The van der Waals surface area contributed by atoms with Gasteiger partial charge in [-0.25, -0.2) is 9.78 Å². The van der Waals surface area contributed by atoms with Crippen LogP contribution in [0.4, 0.5) is 5.95 Å². The average Bonchev–Trinajstić information content (AvgIpc) is 2.23. The van der Waals surface area contributed by atoms with Crippen LogP contribution in [0.3, 0.4) is 0 Å². The quantitative estimate of drug-likeness (QED) is 0.623. The van der Waals surface area contributed by atoms with Gasteiger partial charge < -0.3 is 20.3 Å². The summed E-state index contributed by atoms with van der Waals surface area (Å²) in [5, 5.41) is 19.4. The lowest BCUT2D eigenvalue weighted by Gasteiger charge is -2.06. The molecule has 0 amide bonds. The van der Waals surface area contributed by atoms with Gasteiger partial charge in [-0.3, -0.25) is 4.79 Å². The topological polar surface area (TPSA) is 122 Å². The first-order valence-electron chi connectivity index (χ1n) is 4.63. The lowest BCUT2D eigenvalue weighted by Crippen LogP contribution is -2.16. The van der Waals surface area contributed by atoms with Crippen molar-refractivity contribution in [1.82, 2.24) is 9.97 Å². The first-order chi connectivity index (χ1) is 7.97. The number of aryl methyl sites for hydroxylation is 1. The van der Waals surface area contributed by atoms with Crippen molar-refractivity contribution >= 4 is 17.9 Å². The van der Waals surface area contributed by atoms with Gasteiger partial charge in [0.2, 0.25) is 11.8 Å². The highest BCUT2D eigenvalue weighted by atomic mass is 16.5. The van der Waals surface area contributed by atoms with E-state index in [1.165, 1.54) is 6.07 Å². The first kappa shape index (κ1) is 12.7. The van der Waals surface area contributed by atoms with Crippen LogP contribution in [0.2, 0.25) is 0 Å². The number of carboxylic acid groups (broad SMARTS) is 2. The maximum Gasteiger partial charge on any atom is 0.341 e. The van der Waals surface area contributed by atoms with E-state index in [2.05, 4.69) is 15.3 Å². The Kier molecular flexibility index (Phi) is 4.21. The van der Waals surface area contributed by atoms with Crippen LogP contribution in [0.25, 0.3) is 0 Å². The van der Waals surface area contributed by atoms with Gasteiger partial charge in [0.25, 0.3) is 0 Å². The van der Waals surface area contributed by atoms with Crippen LogP contribution in [-0.4, -0.2) is 45.3 Å². The van der Waals surface area contributed by atoms with E-state index in [1.807, 2.05) is 0 Å². The maximum absolute atomic E-state index is 10.3. The second-order valence-electron chi connectivity index (χ2n) is 3.10. The molecule has 0 unspecified atom stereocenters. The van der Waals surface area contributed by atoms with Crippen LogP contribution in [0.1, 0.15) is 5.69 Å². The molecule has 0 saturated heterocycles. The molecule has 1 rings (SSSR count). The maximum atomic E-state index is 10.3. The largest absolute Gasteiger partial charge is 0.480 e. The third-order valence-corrected chi connectivity index (χ3v) is 1.57. The standard InChI is InChI=1S/C9H11N3O5/c1-5-2-6(17-4-8(15)16)12-9(11-5)10-3-7(13)14/h2H,3-4H2,1H3,(H,13,14)(H,15,16)(H,10,11,12). The molecule has 0 fully saturated rings. The van der Waals surface area contributed by atoms with Gasteiger partial charge in [0.15, 0.2) is 6.61 Å². The SMILES string of the molecule is Cc1cc(OCC(=O)O)nc(NCC(=O)O)n1. The molecule has 1 aromatic heterocycles. The number of rotatable bonds is 6. The predicted molar refractivity (Wildman–Crippen MR) is 56.0 cm³/mol. The molecule has 17 heavy (non-hydrogen) atoms. The summed E-state index contributed by atoms with van der Waals surface area (Å²) in [6.45, 7) is 0.803. The fourth-order valence-corrected chi connectivity index (χ4v) is 0.983. The minimum atomic E-state index is -1.12. The van der Waals surface area contributed by atoms with Crippen molar-refractivity contribution in [2.45, 2.75) is 6.92 Å². The zero-order valence-electron chi connectivity index (χ0n) is 9.01. The lowest BCUT2D eigenvalue weighted by atomic mass is 10.4. The average molecular weight is 241 g/mol. The highest BCUT2D eigenvalue weighted by Crippen LogP contribution is 2.11. The number of nitrogens with zero attached hydrogens (tertiary/aromatic N) is 2. The molecule has 0 saturated carbocycles. The number of hydrogen-bond donors (Lipinski definition) is 3. The highest BCUT2D eigenvalue weighted by Gasteiger charge is 2.06. The molecule has 0 aliphatic heterocycles. The summed E-state index contributed by atoms with van der Waals surface area (Å²) in [5.74, 6) is -2.02. The van der Waals surface area contributed by atoms with Gasteiger partial charge in [-0.2, -0.15) is 4.98 Å². The van der Waals surface area contributed by atoms with Crippen LogP contribution in [-0.2, 0) is 9.59 Å². The van der Waals surface area contributed by atoms with E-state index >= 15 is 0 Å². The fraction of sp³-hybridized carbons (Fsp3) is 0.333. The van der Waals surface area contributed by atoms with Crippen LogP contribution < -0.4 is 10.1 Å². The fourth-order valence-electron chi connectivity index (χ4n) is 0.983. The molecular formula is C9H11N3O5. The number of carbonyl (C=O) groups is 2. The summed E-state index contributed by atoms with van der Waals surface area (Å²) in [6.07, 6.45) is 0.